The summed E-state index contributed by atoms with van der Waals surface area (Å²) in [4.78, 5) is 2.66. The fraction of sp³-hybridized carbons (Fsp3) is 1.00. The van der Waals surface area contributed by atoms with E-state index < -0.39 is 0 Å². The Kier molecular flexibility index (Phi) is 4.19. The van der Waals surface area contributed by atoms with Crippen molar-refractivity contribution in [2.24, 2.45) is 16.8 Å². The summed E-state index contributed by atoms with van der Waals surface area (Å²) in [5.74, 6) is 0.459. The highest BCUT2D eigenvalue weighted by Gasteiger charge is 2.25. The van der Waals surface area contributed by atoms with E-state index in [2.05, 4.69) is 10.0 Å². The molecule has 58 valence electrons. The SMILES string of the molecule is Cl.[N-]=[N+]=NC[C@H]1CC[C@H]1N. The number of azide groups is 1. The molecule has 1 fully saturated rings. The average molecular weight is 163 g/mol. The van der Waals surface area contributed by atoms with Gasteiger partial charge in [-0.05, 0) is 24.3 Å². The zero-order valence-corrected chi connectivity index (χ0v) is 6.42. The summed E-state index contributed by atoms with van der Waals surface area (Å²) >= 11 is 0. The summed E-state index contributed by atoms with van der Waals surface area (Å²) in [5, 5.41) is 3.44. The number of nitrogens with two attached hydrogens (primary N) is 1. The lowest BCUT2D eigenvalue weighted by atomic mass is 9.80. The zero-order chi connectivity index (χ0) is 6.69. The molecule has 0 unspecified atom stereocenters. The second-order valence-corrected chi connectivity index (χ2v) is 2.41. The first-order valence-corrected chi connectivity index (χ1v) is 3.11. The van der Waals surface area contributed by atoms with Crippen LogP contribution < -0.4 is 5.73 Å². The molecule has 0 bridgehead atoms. The highest BCUT2D eigenvalue weighted by molar-refractivity contribution is 5.85. The number of hydrogen-bond donors (Lipinski definition) is 1. The van der Waals surface area contributed by atoms with Crippen molar-refractivity contribution >= 4 is 12.4 Å². The Balaban J connectivity index is 0.000000810. The van der Waals surface area contributed by atoms with Crippen LogP contribution in [0.15, 0.2) is 5.11 Å². The maximum atomic E-state index is 7.94. The van der Waals surface area contributed by atoms with Crippen LogP contribution in [0.2, 0.25) is 0 Å². The van der Waals surface area contributed by atoms with Gasteiger partial charge in [0.15, 0.2) is 0 Å². The molecular weight excluding hydrogens is 152 g/mol. The summed E-state index contributed by atoms with van der Waals surface area (Å²) in [6.45, 7) is 0.581. The third-order valence-electron chi connectivity index (χ3n) is 1.86. The largest absolute Gasteiger partial charge is 0.327 e. The first kappa shape index (κ1) is 9.56. The van der Waals surface area contributed by atoms with Crippen molar-refractivity contribution in [2.75, 3.05) is 6.54 Å². The van der Waals surface area contributed by atoms with Crippen molar-refractivity contribution in [3.63, 3.8) is 0 Å². The van der Waals surface area contributed by atoms with Crippen LogP contribution in [0.1, 0.15) is 12.8 Å². The molecule has 0 amide bonds. The monoisotopic (exact) mass is 162 g/mol. The molecule has 0 aromatic rings. The molecule has 0 saturated heterocycles. The zero-order valence-electron chi connectivity index (χ0n) is 5.60. The number of nitrogens with zero attached hydrogens (tertiary/aromatic N) is 3. The van der Waals surface area contributed by atoms with Crippen molar-refractivity contribution in [2.45, 2.75) is 18.9 Å². The van der Waals surface area contributed by atoms with Crippen LogP contribution in [0.3, 0.4) is 0 Å². The Morgan fingerprint density at radius 3 is 2.60 bits per heavy atom. The third kappa shape index (κ3) is 2.06. The Labute approximate surface area is 65.8 Å². The molecule has 1 aliphatic carbocycles. The van der Waals surface area contributed by atoms with Crippen molar-refractivity contribution in [1.82, 2.24) is 0 Å². The Bertz CT molecular complexity index is 143. The molecule has 0 radical (unpaired) electrons. The smallest absolute Gasteiger partial charge is 0.0301 e. The topological polar surface area (TPSA) is 74.8 Å². The molecule has 2 N–H and O–H groups in total. The van der Waals surface area contributed by atoms with Crippen LogP contribution in [-0.4, -0.2) is 12.6 Å². The van der Waals surface area contributed by atoms with Crippen LogP contribution in [0.5, 0.6) is 0 Å². The van der Waals surface area contributed by atoms with Gasteiger partial charge >= 0.3 is 0 Å². The summed E-state index contributed by atoms with van der Waals surface area (Å²) in [7, 11) is 0. The van der Waals surface area contributed by atoms with Gasteiger partial charge in [0.1, 0.15) is 0 Å². The van der Waals surface area contributed by atoms with E-state index >= 15 is 0 Å². The molecule has 0 aromatic heterocycles. The molecule has 1 rings (SSSR count). The standard InChI is InChI=1S/C5H10N4.ClH/c6-5-2-1-4(5)3-8-9-7;/h4-5H,1-3,6H2;1H/t4-,5-;/m1./s1. The molecule has 0 aliphatic heterocycles. The fourth-order valence-corrected chi connectivity index (χ4v) is 0.963. The summed E-state index contributed by atoms with van der Waals surface area (Å²) in [5.41, 5.74) is 13.5. The molecule has 5 heteroatoms. The highest BCUT2D eigenvalue weighted by atomic mass is 35.5. The van der Waals surface area contributed by atoms with Crippen LogP contribution in [0, 0.1) is 5.92 Å². The number of hydrogen-bond acceptors (Lipinski definition) is 2. The molecule has 0 aromatic carbocycles. The van der Waals surface area contributed by atoms with Crippen molar-refractivity contribution in [3.05, 3.63) is 10.4 Å². The second kappa shape index (κ2) is 4.39. The minimum absolute atomic E-state index is 0. The summed E-state index contributed by atoms with van der Waals surface area (Å²) < 4.78 is 0. The lowest BCUT2D eigenvalue weighted by molar-refractivity contribution is 0.265. The maximum Gasteiger partial charge on any atom is 0.0301 e. The summed E-state index contributed by atoms with van der Waals surface area (Å²) in [6.07, 6.45) is 2.21. The van der Waals surface area contributed by atoms with Crippen LogP contribution in [0.25, 0.3) is 10.4 Å². The fourth-order valence-electron chi connectivity index (χ4n) is 0.963. The maximum absolute atomic E-state index is 7.94. The first-order chi connectivity index (χ1) is 4.34. The van der Waals surface area contributed by atoms with Gasteiger partial charge in [0.05, 0.1) is 0 Å². The van der Waals surface area contributed by atoms with Gasteiger partial charge in [-0.1, -0.05) is 5.11 Å². The minimum atomic E-state index is 0. The van der Waals surface area contributed by atoms with Gasteiger partial charge in [0.2, 0.25) is 0 Å². The van der Waals surface area contributed by atoms with Gasteiger partial charge in [-0.2, -0.15) is 0 Å². The van der Waals surface area contributed by atoms with Gasteiger partial charge in [0, 0.05) is 17.5 Å². The molecule has 0 heterocycles. The average Bonchev–Trinajstić information content (AvgIpc) is 1.86. The summed E-state index contributed by atoms with van der Waals surface area (Å²) in [6, 6.07) is 0.287. The van der Waals surface area contributed by atoms with E-state index in [1.165, 1.54) is 0 Å². The van der Waals surface area contributed by atoms with Crippen LogP contribution in [-0.2, 0) is 0 Å². The van der Waals surface area contributed by atoms with Gasteiger partial charge < -0.3 is 5.73 Å². The lowest BCUT2D eigenvalue weighted by Gasteiger charge is -2.31. The van der Waals surface area contributed by atoms with Crippen LogP contribution in [0.4, 0.5) is 0 Å². The van der Waals surface area contributed by atoms with E-state index in [0.717, 1.165) is 12.8 Å². The van der Waals surface area contributed by atoms with E-state index in [1.54, 1.807) is 0 Å². The molecule has 1 saturated carbocycles. The van der Waals surface area contributed by atoms with E-state index in [0.29, 0.717) is 12.5 Å². The van der Waals surface area contributed by atoms with Crippen molar-refractivity contribution < 1.29 is 0 Å². The molecule has 1 aliphatic rings. The Morgan fingerprint density at radius 2 is 2.30 bits per heavy atom. The van der Waals surface area contributed by atoms with Gasteiger partial charge in [-0.3, -0.25) is 0 Å². The van der Waals surface area contributed by atoms with Crippen molar-refractivity contribution in [3.8, 4) is 0 Å². The minimum Gasteiger partial charge on any atom is -0.327 e. The van der Waals surface area contributed by atoms with Gasteiger partial charge in [0.25, 0.3) is 0 Å². The third-order valence-corrected chi connectivity index (χ3v) is 1.86. The van der Waals surface area contributed by atoms with E-state index in [9.17, 15) is 0 Å². The Hall–Kier alpha value is -0.440. The predicted molar refractivity (Wildman–Crippen MR) is 42.0 cm³/mol. The quantitative estimate of drug-likeness (QED) is 0.373. The molecule has 4 nitrogen and oxygen atoms in total. The van der Waals surface area contributed by atoms with Crippen molar-refractivity contribution in [1.29, 1.82) is 0 Å². The molecule has 2 atom stereocenters. The normalized spacial score (nSPS) is 29.3. The number of halogens is 1. The van der Waals surface area contributed by atoms with E-state index in [1.807, 2.05) is 0 Å². The number of rotatable bonds is 2. The van der Waals surface area contributed by atoms with Crippen LogP contribution >= 0.6 is 12.4 Å². The molecular formula is C5H11ClN4. The molecule has 0 spiro atoms. The highest BCUT2D eigenvalue weighted by Crippen LogP contribution is 2.25. The molecule has 10 heavy (non-hydrogen) atoms. The predicted octanol–water partition coefficient (Wildman–Crippen LogP) is 1.46. The Morgan fingerprint density at radius 1 is 1.60 bits per heavy atom. The van der Waals surface area contributed by atoms with E-state index in [-0.39, 0.29) is 18.4 Å². The second-order valence-electron chi connectivity index (χ2n) is 2.41. The van der Waals surface area contributed by atoms with Gasteiger partial charge in [-0.15, -0.1) is 12.4 Å². The first-order valence-electron chi connectivity index (χ1n) is 3.11. The van der Waals surface area contributed by atoms with E-state index in [4.69, 9.17) is 11.3 Å². The van der Waals surface area contributed by atoms with Gasteiger partial charge in [-0.25, -0.2) is 0 Å². The lowest BCUT2D eigenvalue weighted by Crippen LogP contribution is -2.40.